The minimum atomic E-state index is -1.07. The summed E-state index contributed by atoms with van der Waals surface area (Å²) in [4.78, 5) is 34.7. The number of aliphatic carboxylic acids is 1. The van der Waals surface area contributed by atoms with Crippen LogP contribution < -0.4 is 4.90 Å². The molecule has 3 rings (SSSR count). The van der Waals surface area contributed by atoms with E-state index in [0.29, 0.717) is 18.9 Å². The SMILES string of the molecule is N#CCCN(c1ccc(/C=C/CC(CC(=O)c2c(Cl)cccc2Cl)C(=O)O)cc1)c1ncccn1. The zero-order valence-electron chi connectivity index (χ0n) is 18.6. The van der Waals surface area contributed by atoms with Gasteiger partial charge in [-0.1, -0.05) is 53.6 Å². The Labute approximate surface area is 213 Å². The van der Waals surface area contributed by atoms with Crippen LogP contribution in [0.5, 0.6) is 0 Å². The molecule has 2 aromatic carbocycles. The van der Waals surface area contributed by atoms with E-state index in [0.717, 1.165) is 11.3 Å². The number of anilines is 2. The van der Waals surface area contributed by atoms with Gasteiger partial charge < -0.3 is 10.0 Å². The number of Topliss-reactive ketones (excluding diaryl/α,β-unsaturated/α-hetero) is 1. The Bertz CT molecular complexity index is 1220. The molecule has 0 aliphatic rings. The number of aromatic nitrogens is 2. The molecule has 7 nitrogen and oxygen atoms in total. The quantitative estimate of drug-likeness (QED) is 0.306. The van der Waals surface area contributed by atoms with Gasteiger partial charge in [0.15, 0.2) is 5.78 Å². The van der Waals surface area contributed by atoms with Crippen LogP contribution >= 0.6 is 23.2 Å². The lowest BCUT2D eigenvalue weighted by atomic mass is 9.95. The highest BCUT2D eigenvalue weighted by Gasteiger charge is 2.23. The third-order valence-corrected chi connectivity index (χ3v) is 5.83. The molecule has 0 bridgehead atoms. The molecule has 0 saturated carbocycles. The third-order valence-electron chi connectivity index (χ3n) is 5.20. The normalized spacial score (nSPS) is 11.7. The molecule has 0 spiro atoms. The van der Waals surface area contributed by atoms with Crippen LogP contribution in [0.3, 0.4) is 0 Å². The molecule has 1 N–H and O–H groups in total. The van der Waals surface area contributed by atoms with Crippen LogP contribution in [0.4, 0.5) is 11.6 Å². The predicted molar refractivity (Wildman–Crippen MR) is 136 cm³/mol. The first-order valence-corrected chi connectivity index (χ1v) is 11.5. The van der Waals surface area contributed by atoms with Gasteiger partial charge in [0.1, 0.15) is 0 Å². The lowest BCUT2D eigenvalue weighted by molar-refractivity contribution is -0.141. The Hall–Kier alpha value is -3.73. The van der Waals surface area contributed by atoms with Gasteiger partial charge in [0.05, 0.1) is 34.0 Å². The van der Waals surface area contributed by atoms with Crippen molar-refractivity contribution in [2.45, 2.75) is 19.3 Å². The van der Waals surface area contributed by atoms with Gasteiger partial charge in [-0.15, -0.1) is 0 Å². The lowest BCUT2D eigenvalue weighted by Gasteiger charge is -2.21. The number of carbonyl (C=O) groups excluding carboxylic acids is 1. The van der Waals surface area contributed by atoms with Crippen molar-refractivity contribution in [2.24, 2.45) is 5.92 Å². The first kappa shape index (κ1) is 25.9. The molecular weight excluding hydrogens is 487 g/mol. The molecule has 1 heterocycles. The van der Waals surface area contributed by atoms with E-state index in [4.69, 9.17) is 28.5 Å². The number of nitriles is 1. The summed E-state index contributed by atoms with van der Waals surface area (Å²) in [5, 5.41) is 19.0. The largest absolute Gasteiger partial charge is 0.481 e. The topological polar surface area (TPSA) is 107 Å². The average Bonchev–Trinajstić information content (AvgIpc) is 2.85. The molecule has 0 amide bonds. The first-order chi connectivity index (χ1) is 16.9. The van der Waals surface area contributed by atoms with Crippen molar-refractivity contribution in [3.8, 4) is 6.07 Å². The van der Waals surface area contributed by atoms with Gasteiger partial charge in [-0.2, -0.15) is 5.26 Å². The van der Waals surface area contributed by atoms with Crippen LogP contribution in [0.1, 0.15) is 35.2 Å². The molecular formula is C26H22Cl2N4O3. The maximum absolute atomic E-state index is 12.6. The molecule has 0 radical (unpaired) electrons. The monoisotopic (exact) mass is 508 g/mol. The van der Waals surface area contributed by atoms with Crippen LogP contribution in [0.15, 0.2) is 67.0 Å². The fraction of sp³-hybridized carbons (Fsp3) is 0.192. The van der Waals surface area contributed by atoms with Crippen LogP contribution in [0.25, 0.3) is 6.08 Å². The lowest BCUT2D eigenvalue weighted by Crippen LogP contribution is -2.20. The van der Waals surface area contributed by atoms with Crippen LogP contribution in [0, 0.1) is 17.2 Å². The number of benzene rings is 2. The summed E-state index contributed by atoms with van der Waals surface area (Å²) in [5.41, 5.74) is 1.83. The van der Waals surface area contributed by atoms with Gasteiger partial charge in [-0.3, -0.25) is 9.59 Å². The highest BCUT2D eigenvalue weighted by molar-refractivity contribution is 6.39. The maximum Gasteiger partial charge on any atom is 0.307 e. The van der Waals surface area contributed by atoms with Gasteiger partial charge in [0.25, 0.3) is 0 Å². The van der Waals surface area contributed by atoms with Gasteiger partial charge >= 0.3 is 5.97 Å². The number of nitrogens with zero attached hydrogens (tertiary/aromatic N) is 4. The molecule has 1 atom stereocenters. The summed E-state index contributed by atoms with van der Waals surface area (Å²) in [7, 11) is 0. The number of carbonyl (C=O) groups is 2. The van der Waals surface area contributed by atoms with Crippen LogP contribution in [-0.4, -0.2) is 33.4 Å². The van der Waals surface area contributed by atoms with Gasteiger partial charge in [-0.05, 0) is 42.3 Å². The Morgan fingerprint density at radius 3 is 2.31 bits per heavy atom. The molecule has 35 heavy (non-hydrogen) atoms. The highest BCUT2D eigenvalue weighted by Crippen LogP contribution is 2.28. The summed E-state index contributed by atoms with van der Waals surface area (Å²) in [6.45, 7) is 0.444. The molecule has 0 aliphatic heterocycles. The highest BCUT2D eigenvalue weighted by atomic mass is 35.5. The summed E-state index contributed by atoms with van der Waals surface area (Å²) in [6.07, 6.45) is 7.07. The van der Waals surface area contributed by atoms with Crippen molar-refractivity contribution >= 4 is 52.7 Å². The minimum Gasteiger partial charge on any atom is -0.481 e. The molecule has 0 saturated heterocycles. The average molecular weight is 509 g/mol. The van der Waals surface area contributed by atoms with Crippen molar-refractivity contribution in [1.29, 1.82) is 5.26 Å². The Balaban J connectivity index is 1.68. The van der Waals surface area contributed by atoms with Gasteiger partial charge in [0, 0.05) is 31.0 Å². The zero-order chi connectivity index (χ0) is 25.2. The van der Waals surface area contributed by atoms with E-state index >= 15 is 0 Å². The molecule has 178 valence electrons. The van der Waals surface area contributed by atoms with E-state index in [-0.39, 0.29) is 28.5 Å². The predicted octanol–water partition coefficient (Wildman–Crippen LogP) is 6.21. The Morgan fingerprint density at radius 2 is 1.71 bits per heavy atom. The number of rotatable bonds is 11. The molecule has 1 unspecified atom stereocenters. The number of ketones is 1. The molecule has 3 aromatic rings. The molecule has 1 aromatic heterocycles. The van der Waals surface area contributed by atoms with Crippen molar-refractivity contribution < 1.29 is 14.7 Å². The second kappa shape index (κ2) is 12.7. The van der Waals surface area contributed by atoms with E-state index in [1.807, 2.05) is 29.2 Å². The standard InChI is InChI=1S/C26H22Cl2N4O3/c27-21-7-2-8-22(28)24(21)23(33)17-19(25(34)35)6-1-5-18-9-11-20(12-10-18)32(16-3-13-29)26-30-14-4-15-31-26/h1-2,4-5,7-12,14-15,19H,3,6,16-17H2,(H,34,35)/b5-1+. The second-order valence-corrected chi connectivity index (χ2v) is 8.41. The van der Waals surface area contributed by atoms with Crippen molar-refractivity contribution in [3.05, 3.63) is 88.2 Å². The fourth-order valence-electron chi connectivity index (χ4n) is 3.43. The minimum absolute atomic E-state index is 0.144. The third kappa shape index (κ3) is 7.12. The number of carboxylic acids is 1. The summed E-state index contributed by atoms with van der Waals surface area (Å²) in [6, 6.07) is 16.1. The first-order valence-electron chi connectivity index (χ1n) is 10.8. The van der Waals surface area contributed by atoms with Crippen LogP contribution in [0.2, 0.25) is 10.0 Å². The van der Waals surface area contributed by atoms with Gasteiger partial charge in [0.2, 0.25) is 5.95 Å². The van der Waals surface area contributed by atoms with Crippen molar-refractivity contribution in [2.75, 3.05) is 11.4 Å². The summed E-state index contributed by atoms with van der Waals surface area (Å²) < 4.78 is 0. The maximum atomic E-state index is 12.6. The van der Waals surface area contributed by atoms with E-state index in [9.17, 15) is 14.7 Å². The van der Waals surface area contributed by atoms with E-state index < -0.39 is 17.7 Å². The Kier molecular flexibility index (Phi) is 9.36. The smallest absolute Gasteiger partial charge is 0.307 e. The number of carboxylic acid groups (broad SMARTS) is 1. The van der Waals surface area contributed by atoms with Gasteiger partial charge in [-0.25, -0.2) is 9.97 Å². The van der Waals surface area contributed by atoms with E-state index in [1.165, 1.54) is 0 Å². The van der Waals surface area contributed by atoms with Crippen molar-refractivity contribution in [3.63, 3.8) is 0 Å². The zero-order valence-corrected chi connectivity index (χ0v) is 20.2. The number of hydrogen-bond donors (Lipinski definition) is 1. The fourth-order valence-corrected chi connectivity index (χ4v) is 4.04. The molecule has 9 heteroatoms. The Morgan fingerprint density at radius 1 is 1.06 bits per heavy atom. The second-order valence-electron chi connectivity index (χ2n) is 7.60. The van der Waals surface area contributed by atoms with Crippen LogP contribution in [-0.2, 0) is 4.79 Å². The molecule has 0 aliphatic carbocycles. The number of halogens is 2. The number of allylic oxidation sites excluding steroid dienone is 1. The summed E-state index contributed by atoms with van der Waals surface area (Å²) in [5.74, 6) is -1.90. The summed E-state index contributed by atoms with van der Waals surface area (Å²) >= 11 is 12.2. The van der Waals surface area contributed by atoms with E-state index in [2.05, 4.69) is 16.0 Å². The molecule has 0 fully saturated rings. The number of hydrogen-bond acceptors (Lipinski definition) is 6. The van der Waals surface area contributed by atoms with Crippen molar-refractivity contribution in [1.82, 2.24) is 9.97 Å². The van der Waals surface area contributed by atoms with E-state index in [1.54, 1.807) is 48.8 Å².